The third-order valence-corrected chi connectivity index (χ3v) is 3.19. The fraction of sp³-hybridized carbons (Fsp3) is 0.800. The molecule has 1 rings (SSSR count). The van der Waals surface area contributed by atoms with Crippen LogP contribution in [0.15, 0.2) is 0 Å². The number of carbonyl (C=O) groups excluding carboxylic acids is 1. The van der Waals surface area contributed by atoms with Crippen LogP contribution in [0.25, 0.3) is 0 Å². The van der Waals surface area contributed by atoms with E-state index in [9.17, 15) is 35.9 Å². The summed E-state index contributed by atoms with van der Waals surface area (Å²) in [5, 5.41) is 10.6. The van der Waals surface area contributed by atoms with E-state index in [1.54, 1.807) is 0 Å². The molecule has 1 atom stereocenters. The molecule has 21 heavy (non-hydrogen) atoms. The van der Waals surface area contributed by atoms with Crippen LogP contribution in [-0.4, -0.2) is 54.0 Å². The van der Waals surface area contributed by atoms with Crippen LogP contribution in [0.2, 0.25) is 0 Å². The van der Waals surface area contributed by atoms with Gasteiger partial charge in [0.1, 0.15) is 0 Å². The summed E-state index contributed by atoms with van der Waals surface area (Å²) in [5.41, 5.74) is -3.08. The first-order valence-corrected chi connectivity index (χ1v) is 5.79. The Balaban J connectivity index is 2.64. The number of likely N-dealkylation sites (tertiary alicyclic amines) is 1. The smallest absolute Gasteiger partial charge is 0.406 e. The molecule has 1 aliphatic heterocycles. The van der Waals surface area contributed by atoms with E-state index in [1.807, 2.05) is 5.32 Å². The number of alkyl halides is 6. The molecule has 0 aromatic carbocycles. The molecule has 0 bridgehead atoms. The van der Waals surface area contributed by atoms with Gasteiger partial charge in [-0.25, -0.2) is 4.79 Å². The van der Waals surface area contributed by atoms with Gasteiger partial charge >= 0.3 is 24.4 Å². The van der Waals surface area contributed by atoms with Gasteiger partial charge in [-0.15, -0.1) is 0 Å². The molecule has 122 valence electrons. The molecule has 0 aliphatic carbocycles. The van der Waals surface area contributed by atoms with Gasteiger partial charge in [0.25, 0.3) is 0 Å². The van der Waals surface area contributed by atoms with Gasteiger partial charge in [0, 0.05) is 19.6 Å². The Kier molecular flexibility index (Phi) is 4.63. The molecule has 11 heteroatoms. The number of carboxylic acid groups (broad SMARTS) is 1. The summed E-state index contributed by atoms with van der Waals surface area (Å²) in [6.45, 7) is -2.40. The number of hydrogen-bond donors (Lipinski definition) is 2. The molecule has 0 aromatic heterocycles. The zero-order valence-corrected chi connectivity index (χ0v) is 10.5. The van der Waals surface area contributed by atoms with Crippen molar-refractivity contribution in [1.29, 1.82) is 0 Å². The van der Waals surface area contributed by atoms with Crippen LogP contribution in [0.5, 0.6) is 0 Å². The van der Waals surface area contributed by atoms with Crippen molar-refractivity contribution in [2.24, 2.45) is 5.41 Å². The standard InChI is InChI=1S/C10H12F6N2O3/c11-9(12,13)1-3-17-7(21)18-4-2-8(5-18,6(19)20)10(14,15)16/h1-5H2,(H,17,21)(H,19,20). The predicted octanol–water partition coefficient (Wildman–Crippen LogP) is 1.99. The molecule has 1 aliphatic rings. The van der Waals surface area contributed by atoms with E-state index >= 15 is 0 Å². The molecule has 0 aromatic rings. The molecular weight excluding hydrogens is 310 g/mol. The van der Waals surface area contributed by atoms with Gasteiger partial charge in [-0.1, -0.05) is 0 Å². The molecule has 2 amide bonds. The lowest BCUT2D eigenvalue weighted by Crippen LogP contribution is -2.49. The Hall–Kier alpha value is -1.68. The summed E-state index contributed by atoms with van der Waals surface area (Å²) in [4.78, 5) is 22.9. The maximum atomic E-state index is 12.8. The van der Waals surface area contributed by atoms with Crippen LogP contribution in [0.4, 0.5) is 31.1 Å². The van der Waals surface area contributed by atoms with Crippen molar-refractivity contribution in [1.82, 2.24) is 10.2 Å². The summed E-state index contributed by atoms with van der Waals surface area (Å²) in [5.74, 6) is -2.11. The summed E-state index contributed by atoms with van der Waals surface area (Å²) >= 11 is 0. The van der Waals surface area contributed by atoms with E-state index in [4.69, 9.17) is 5.11 Å². The second kappa shape index (κ2) is 5.60. The molecule has 1 fully saturated rings. The Bertz CT molecular complexity index is 422. The van der Waals surface area contributed by atoms with Gasteiger partial charge in [0.05, 0.1) is 6.42 Å². The lowest BCUT2D eigenvalue weighted by molar-refractivity contribution is -0.226. The lowest BCUT2D eigenvalue weighted by atomic mass is 9.86. The third kappa shape index (κ3) is 3.91. The van der Waals surface area contributed by atoms with Crippen molar-refractivity contribution in [3.05, 3.63) is 0 Å². The number of amides is 2. The Labute approximate surface area is 114 Å². The van der Waals surface area contributed by atoms with Crippen LogP contribution >= 0.6 is 0 Å². The van der Waals surface area contributed by atoms with Gasteiger partial charge < -0.3 is 15.3 Å². The van der Waals surface area contributed by atoms with Crippen LogP contribution in [0.1, 0.15) is 12.8 Å². The zero-order valence-electron chi connectivity index (χ0n) is 10.5. The zero-order chi connectivity index (χ0) is 16.5. The summed E-state index contributed by atoms with van der Waals surface area (Å²) in [6.07, 6.45) is -11.7. The van der Waals surface area contributed by atoms with Gasteiger partial charge in [0.15, 0.2) is 5.41 Å². The molecule has 1 unspecified atom stereocenters. The molecule has 5 nitrogen and oxygen atoms in total. The largest absolute Gasteiger partial charge is 0.481 e. The average Bonchev–Trinajstić information content (AvgIpc) is 2.72. The minimum atomic E-state index is -5.06. The van der Waals surface area contributed by atoms with E-state index in [0.717, 1.165) is 0 Å². The van der Waals surface area contributed by atoms with Gasteiger partial charge in [-0.05, 0) is 6.42 Å². The van der Waals surface area contributed by atoms with Crippen molar-refractivity contribution in [2.75, 3.05) is 19.6 Å². The summed E-state index contributed by atoms with van der Waals surface area (Å²) in [6, 6.07) is -1.15. The highest BCUT2D eigenvalue weighted by Crippen LogP contribution is 2.45. The third-order valence-electron chi connectivity index (χ3n) is 3.19. The Morgan fingerprint density at radius 3 is 2.14 bits per heavy atom. The molecule has 0 saturated carbocycles. The lowest BCUT2D eigenvalue weighted by Gasteiger charge is -2.27. The molecule has 1 heterocycles. The monoisotopic (exact) mass is 322 g/mol. The number of rotatable bonds is 3. The van der Waals surface area contributed by atoms with E-state index in [-0.39, 0.29) is 0 Å². The quantitative estimate of drug-likeness (QED) is 0.781. The first-order chi connectivity index (χ1) is 9.39. The number of hydrogen-bond acceptors (Lipinski definition) is 2. The average molecular weight is 322 g/mol. The highest BCUT2D eigenvalue weighted by atomic mass is 19.4. The highest BCUT2D eigenvalue weighted by molar-refractivity contribution is 5.80. The molecule has 1 saturated heterocycles. The highest BCUT2D eigenvalue weighted by Gasteiger charge is 2.64. The van der Waals surface area contributed by atoms with Crippen LogP contribution < -0.4 is 5.32 Å². The van der Waals surface area contributed by atoms with Crippen LogP contribution in [0.3, 0.4) is 0 Å². The first kappa shape index (κ1) is 17.4. The van der Waals surface area contributed by atoms with Crippen LogP contribution in [0, 0.1) is 5.41 Å². The number of carbonyl (C=O) groups is 2. The second-order valence-electron chi connectivity index (χ2n) is 4.65. The van der Waals surface area contributed by atoms with E-state index in [2.05, 4.69) is 0 Å². The number of aliphatic carboxylic acids is 1. The molecular formula is C10H12F6N2O3. The number of nitrogens with one attached hydrogen (secondary N) is 1. The van der Waals surface area contributed by atoms with Gasteiger partial charge in [0.2, 0.25) is 0 Å². The molecule has 0 spiro atoms. The van der Waals surface area contributed by atoms with Crippen LogP contribution in [-0.2, 0) is 4.79 Å². The van der Waals surface area contributed by atoms with Gasteiger partial charge in [-0.2, -0.15) is 26.3 Å². The Morgan fingerprint density at radius 1 is 1.19 bits per heavy atom. The number of nitrogens with zero attached hydrogens (tertiary/aromatic N) is 1. The van der Waals surface area contributed by atoms with Gasteiger partial charge in [-0.3, -0.25) is 4.79 Å². The van der Waals surface area contributed by atoms with Crippen molar-refractivity contribution in [3.8, 4) is 0 Å². The van der Waals surface area contributed by atoms with E-state index < -0.39 is 62.2 Å². The summed E-state index contributed by atoms with van der Waals surface area (Å²) in [7, 11) is 0. The normalized spacial score (nSPS) is 23.2. The topological polar surface area (TPSA) is 69.6 Å². The number of urea groups is 1. The maximum absolute atomic E-state index is 12.8. The van der Waals surface area contributed by atoms with E-state index in [1.165, 1.54) is 0 Å². The number of halogens is 6. The number of carboxylic acids is 1. The SMILES string of the molecule is O=C(NCCC(F)(F)F)N1CCC(C(=O)O)(C(F)(F)F)C1. The van der Waals surface area contributed by atoms with Crippen molar-refractivity contribution < 1.29 is 41.0 Å². The van der Waals surface area contributed by atoms with E-state index in [0.29, 0.717) is 4.90 Å². The fourth-order valence-corrected chi connectivity index (χ4v) is 1.93. The minimum absolute atomic E-state index is 0.496. The summed E-state index contributed by atoms with van der Waals surface area (Å²) < 4.78 is 74.1. The van der Waals surface area contributed by atoms with Crippen molar-refractivity contribution in [3.63, 3.8) is 0 Å². The first-order valence-electron chi connectivity index (χ1n) is 5.79. The minimum Gasteiger partial charge on any atom is -0.481 e. The maximum Gasteiger partial charge on any atom is 0.406 e. The molecule has 0 radical (unpaired) electrons. The fourth-order valence-electron chi connectivity index (χ4n) is 1.93. The van der Waals surface area contributed by atoms with Crippen molar-refractivity contribution in [2.45, 2.75) is 25.2 Å². The molecule has 2 N–H and O–H groups in total. The Morgan fingerprint density at radius 2 is 1.76 bits per heavy atom. The predicted molar refractivity (Wildman–Crippen MR) is 56.4 cm³/mol. The van der Waals surface area contributed by atoms with Crippen molar-refractivity contribution >= 4 is 12.0 Å². The second-order valence-corrected chi connectivity index (χ2v) is 4.65.